The normalized spacial score (nSPS) is 14.1. The van der Waals surface area contributed by atoms with Gasteiger partial charge in [-0.15, -0.1) is 0 Å². The van der Waals surface area contributed by atoms with E-state index in [0.29, 0.717) is 19.3 Å². The van der Waals surface area contributed by atoms with Gasteiger partial charge in [-0.05, 0) is 38.1 Å². The first kappa shape index (κ1) is 16.8. The van der Waals surface area contributed by atoms with Crippen LogP contribution in [0.15, 0.2) is 24.3 Å². The first-order chi connectivity index (χ1) is 9.61. The monoisotopic (exact) mass is 305 g/mol. The Morgan fingerprint density at radius 3 is 2.14 bits per heavy atom. The van der Waals surface area contributed by atoms with Gasteiger partial charge in [0.25, 0.3) is 5.91 Å². The maximum Gasteiger partial charge on any atom is 0.422 e. The van der Waals surface area contributed by atoms with Crippen LogP contribution in [0.5, 0.6) is 5.75 Å². The van der Waals surface area contributed by atoms with Crippen LogP contribution in [0, 0.1) is 0 Å². The molecule has 0 fully saturated rings. The number of hydrogen-bond acceptors (Lipinski definition) is 3. The summed E-state index contributed by atoms with van der Waals surface area (Å²) in [6.45, 7) is 2.54. The first-order valence-corrected chi connectivity index (χ1v) is 5.97. The van der Waals surface area contributed by atoms with Gasteiger partial charge in [0.1, 0.15) is 5.75 Å². The molecule has 8 heteroatoms. The molecule has 0 radical (unpaired) electrons. The standard InChI is InChI=1S/C13H14F3NO4/c1-3-21-9-6-4-8(5-7-9)10(18)17-12(2,11(19)20)13(14,15)16/h4-7H,3H2,1-2H3,(H,17,18)(H,19,20). The molecular formula is C13H14F3NO4. The summed E-state index contributed by atoms with van der Waals surface area (Å²) in [7, 11) is 0. The average molecular weight is 305 g/mol. The summed E-state index contributed by atoms with van der Waals surface area (Å²) < 4.78 is 43.5. The maximum absolute atomic E-state index is 12.8. The topological polar surface area (TPSA) is 75.6 Å². The summed E-state index contributed by atoms with van der Waals surface area (Å²) >= 11 is 0. The van der Waals surface area contributed by atoms with Gasteiger partial charge < -0.3 is 15.2 Å². The molecule has 0 aliphatic heterocycles. The lowest BCUT2D eigenvalue weighted by atomic mass is 10.0. The zero-order chi connectivity index (χ0) is 16.3. The van der Waals surface area contributed by atoms with Gasteiger partial charge in [0, 0.05) is 5.56 Å². The molecule has 1 aromatic rings. The van der Waals surface area contributed by atoms with E-state index in [2.05, 4.69) is 0 Å². The molecule has 0 saturated heterocycles. The van der Waals surface area contributed by atoms with Gasteiger partial charge in [-0.25, -0.2) is 4.79 Å². The molecule has 5 nitrogen and oxygen atoms in total. The number of nitrogens with one attached hydrogen (secondary N) is 1. The number of rotatable bonds is 5. The van der Waals surface area contributed by atoms with Gasteiger partial charge in [-0.1, -0.05) is 0 Å². The van der Waals surface area contributed by atoms with Crippen LogP contribution < -0.4 is 10.1 Å². The van der Waals surface area contributed by atoms with E-state index >= 15 is 0 Å². The quantitative estimate of drug-likeness (QED) is 0.874. The number of carboxylic acid groups (broad SMARTS) is 1. The second kappa shape index (κ2) is 6.02. The van der Waals surface area contributed by atoms with Crippen LogP contribution in [0.1, 0.15) is 24.2 Å². The molecule has 1 unspecified atom stereocenters. The zero-order valence-electron chi connectivity index (χ0n) is 11.3. The summed E-state index contributed by atoms with van der Waals surface area (Å²) in [6.07, 6.45) is -5.13. The van der Waals surface area contributed by atoms with Crippen LogP contribution in [-0.2, 0) is 4.79 Å². The van der Waals surface area contributed by atoms with Gasteiger partial charge in [0.15, 0.2) is 0 Å². The van der Waals surface area contributed by atoms with E-state index in [1.54, 1.807) is 6.92 Å². The van der Waals surface area contributed by atoms with E-state index in [9.17, 15) is 22.8 Å². The third kappa shape index (κ3) is 3.65. The number of halogens is 3. The second-order valence-electron chi connectivity index (χ2n) is 4.34. The number of carboxylic acids is 1. The lowest BCUT2D eigenvalue weighted by Crippen LogP contribution is -2.61. The summed E-state index contributed by atoms with van der Waals surface area (Å²) in [5.41, 5.74) is -3.46. The predicted octanol–water partition coefficient (Wildman–Crippen LogP) is 2.22. The Kier molecular flexibility index (Phi) is 4.82. The van der Waals surface area contributed by atoms with Crippen LogP contribution in [0.2, 0.25) is 0 Å². The highest BCUT2D eigenvalue weighted by Crippen LogP contribution is 2.30. The fourth-order valence-electron chi connectivity index (χ4n) is 1.41. The average Bonchev–Trinajstić information content (AvgIpc) is 2.38. The molecule has 1 atom stereocenters. The first-order valence-electron chi connectivity index (χ1n) is 5.97. The van der Waals surface area contributed by atoms with Gasteiger partial charge in [0.05, 0.1) is 6.61 Å². The van der Waals surface area contributed by atoms with Crippen LogP contribution in [0.3, 0.4) is 0 Å². The van der Waals surface area contributed by atoms with Crippen LogP contribution >= 0.6 is 0 Å². The van der Waals surface area contributed by atoms with E-state index in [0.717, 1.165) is 0 Å². The van der Waals surface area contributed by atoms with E-state index in [4.69, 9.17) is 9.84 Å². The Hall–Kier alpha value is -2.25. The minimum Gasteiger partial charge on any atom is -0.494 e. The molecule has 116 valence electrons. The number of carbonyl (C=O) groups excluding carboxylic acids is 1. The van der Waals surface area contributed by atoms with Crippen molar-refractivity contribution in [2.24, 2.45) is 0 Å². The molecule has 0 bridgehead atoms. The van der Waals surface area contributed by atoms with Crippen LogP contribution in [0.25, 0.3) is 0 Å². The van der Waals surface area contributed by atoms with Gasteiger partial charge in [0.2, 0.25) is 5.54 Å². The highest BCUT2D eigenvalue weighted by Gasteiger charge is 2.58. The van der Waals surface area contributed by atoms with E-state index < -0.39 is 23.6 Å². The Balaban J connectivity index is 2.95. The third-order valence-electron chi connectivity index (χ3n) is 2.79. The third-order valence-corrected chi connectivity index (χ3v) is 2.79. The number of ether oxygens (including phenoxy) is 1. The van der Waals surface area contributed by atoms with Crippen LogP contribution in [-0.4, -0.2) is 35.3 Å². The number of alkyl halides is 3. The van der Waals surface area contributed by atoms with Crippen molar-refractivity contribution in [3.63, 3.8) is 0 Å². The second-order valence-corrected chi connectivity index (χ2v) is 4.34. The smallest absolute Gasteiger partial charge is 0.422 e. The molecule has 1 amide bonds. The molecule has 0 aromatic heterocycles. The fraction of sp³-hybridized carbons (Fsp3) is 0.385. The van der Waals surface area contributed by atoms with Crippen molar-refractivity contribution < 1.29 is 32.6 Å². The van der Waals surface area contributed by atoms with Crippen molar-refractivity contribution in [2.45, 2.75) is 25.6 Å². The summed E-state index contributed by atoms with van der Waals surface area (Å²) in [4.78, 5) is 22.6. The minimum absolute atomic E-state index is 0.102. The maximum atomic E-state index is 12.8. The number of benzene rings is 1. The Labute approximate surface area is 118 Å². The lowest BCUT2D eigenvalue weighted by Gasteiger charge is -2.28. The lowest BCUT2D eigenvalue weighted by molar-refractivity contribution is -0.203. The molecule has 0 saturated carbocycles. The van der Waals surface area contributed by atoms with Gasteiger partial charge >= 0.3 is 12.1 Å². The number of hydrogen-bond donors (Lipinski definition) is 2. The molecule has 1 rings (SSSR count). The van der Waals surface area contributed by atoms with Crippen LogP contribution in [0.4, 0.5) is 13.2 Å². The molecule has 2 N–H and O–H groups in total. The number of amides is 1. The fourth-order valence-corrected chi connectivity index (χ4v) is 1.41. The van der Waals surface area contributed by atoms with Crippen molar-refractivity contribution in [1.29, 1.82) is 0 Å². The Morgan fingerprint density at radius 2 is 1.76 bits per heavy atom. The number of carbonyl (C=O) groups is 2. The molecule has 0 aliphatic rings. The van der Waals surface area contributed by atoms with E-state index in [1.807, 2.05) is 0 Å². The molecule has 0 heterocycles. The van der Waals surface area contributed by atoms with Crippen molar-refractivity contribution in [3.8, 4) is 5.75 Å². The van der Waals surface area contributed by atoms with Crippen molar-refractivity contribution in [1.82, 2.24) is 5.32 Å². The predicted molar refractivity (Wildman–Crippen MR) is 67.2 cm³/mol. The SMILES string of the molecule is CCOc1ccc(C(=O)NC(C)(C(=O)O)C(F)(F)F)cc1. The highest BCUT2D eigenvalue weighted by atomic mass is 19.4. The van der Waals surface area contributed by atoms with E-state index in [-0.39, 0.29) is 5.56 Å². The molecule has 0 spiro atoms. The number of aliphatic carboxylic acids is 1. The van der Waals surface area contributed by atoms with E-state index in [1.165, 1.54) is 29.6 Å². The largest absolute Gasteiger partial charge is 0.494 e. The summed E-state index contributed by atoms with van der Waals surface area (Å²) in [6, 6.07) is 5.31. The molecule has 1 aromatic carbocycles. The van der Waals surface area contributed by atoms with Crippen molar-refractivity contribution >= 4 is 11.9 Å². The Morgan fingerprint density at radius 1 is 1.24 bits per heavy atom. The zero-order valence-corrected chi connectivity index (χ0v) is 11.3. The van der Waals surface area contributed by atoms with Crippen molar-refractivity contribution in [3.05, 3.63) is 29.8 Å². The minimum atomic E-state index is -5.13. The summed E-state index contributed by atoms with van der Waals surface area (Å²) in [5.74, 6) is -2.87. The Bertz CT molecular complexity index is 527. The molecule has 21 heavy (non-hydrogen) atoms. The molecular weight excluding hydrogens is 291 g/mol. The van der Waals surface area contributed by atoms with Crippen molar-refractivity contribution in [2.75, 3.05) is 6.61 Å². The summed E-state index contributed by atoms with van der Waals surface area (Å²) in [5, 5.41) is 10.2. The van der Waals surface area contributed by atoms with Gasteiger partial charge in [-0.3, -0.25) is 4.79 Å². The molecule has 0 aliphatic carbocycles. The van der Waals surface area contributed by atoms with Gasteiger partial charge in [-0.2, -0.15) is 13.2 Å². The highest BCUT2D eigenvalue weighted by molar-refractivity contribution is 5.98.